The topological polar surface area (TPSA) is 72.4 Å². The van der Waals surface area contributed by atoms with Crippen molar-refractivity contribution < 1.29 is 14.3 Å². The lowest BCUT2D eigenvalue weighted by Crippen LogP contribution is -2.20. The second kappa shape index (κ2) is 11.2. The monoisotopic (exact) mass is 509 g/mol. The predicted octanol–water partition coefficient (Wildman–Crippen LogP) is 6.56. The van der Waals surface area contributed by atoms with E-state index in [-0.39, 0.29) is 24.2 Å². The molecule has 0 atom stereocenters. The second-order valence-corrected chi connectivity index (χ2v) is 9.56. The first kappa shape index (κ1) is 24.5. The largest absolute Gasteiger partial charge is 0.484 e. The van der Waals surface area contributed by atoms with Crippen molar-refractivity contribution in [2.45, 2.75) is 18.4 Å². The van der Waals surface area contributed by atoms with E-state index in [4.69, 9.17) is 4.74 Å². The molecule has 0 fully saturated rings. The van der Waals surface area contributed by atoms with Gasteiger partial charge in [0.15, 0.2) is 6.61 Å². The first-order valence-electron chi connectivity index (χ1n) is 12.1. The average Bonchev–Trinajstić information content (AvgIpc) is 3.24. The summed E-state index contributed by atoms with van der Waals surface area (Å²) in [6, 6.07) is 31.0. The van der Waals surface area contributed by atoms with Crippen LogP contribution in [0.4, 0.5) is 11.4 Å². The molecule has 2 amide bonds. The zero-order chi connectivity index (χ0) is 25.6. The van der Waals surface area contributed by atoms with Gasteiger partial charge in [-0.25, -0.2) is 0 Å². The average molecular weight is 510 g/mol. The third-order valence-electron chi connectivity index (χ3n) is 5.97. The lowest BCUT2D eigenvalue weighted by Gasteiger charge is -2.09. The highest BCUT2D eigenvalue weighted by Crippen LogP contribution is 2.31. The van der Waals surface area contributed by atoms with Gasteiger partial charge in [0.2, 0.25) is 5.91 Å². The van der Waals surface area contributed by atoms with Crippen molar-refractivity contribution in [2.75, 3.05) is 23.0 Å². The normalized spacial score (nSPS) is 10.9. The van der Waals surface area contributed by atoms with Gasteiger partial charge in [-0.1, -0.05) is 42.5 Å². The van der Waals surface area contributed by atoms with Crippen LogP contribution in [0.25, 0.3) is 21.8 Å². The van der Waals surface area contributed by atoms with Crippen LogP contribution < -0.4 is 15.4 Å². The molecular weight excluding hydrogens is 482 g/mol. The number of aryl methyl sites for hydroxylation is 1. The van der Waals surface area contributed by atoms with Crippen molar-refractivity contribution in [3.63, 3.8) is 0 Å². The molecule has 7 heteroatoms. The first-order chi connectivity index (χ1) is 18.1. The third kappa shape index (κ3) is 5.78. The number of benzene rings is 4. The Morgan fingerprint density at radius 2 is 1.49 bits per heavy atom. The van der Waals surface area contributed by atoms with Crippen LogP contribution in [0.1, 0.15) is 6.92 Å². The van der Waals surface area contributed by atoms with Gasteiger partial charge in [0.25, 0.3) is 5.91 Å². The highest BCUT2D eigenvalue weighted by Gasteiger charge is 2.11. The summed E-state index contributed by atoms with van der Waals surface area (Å²) in [4.78, 5) is 25.8. The summed E-state index contributed by atoms with van der Waals surface area (Å²) in [5.41, 5.74) is 3.78. The molecule has 5 rings (SSSR count). The Balaban J connectivity index is 1.18. The molecule has 5 aromatic rings. The number of hydrogen-bond donors (Lipinski definition) is 2. The fraction of sp³-hybridized carbons (Fsp3) is 0.133. The zero-order valence-corrected chi connectivity index (χ0v) is 21.3. The minimum Gasteiger partial charge on any atom is -0.484 e. The van der Waals surface area contributed by atoms with Gasteiger partial charge in [-0.15, -0.1) is 11.8 Å². The summed E-state index contributed by atoms with van der Waals surface area (Å²) < 4.78 is 7.78. The lowest BCUT2D eigenvalue weighted by atomic mass is 10.1. The van der Waals surface area contributed by atoms with E-state index in [1.54, 1.807) is 12.1 Å². The van der Waals surface area contributed by atoms with Gasteiger partial charge < -0.3 is 19.9 Å². The van der Waals surface area contributed by atoms with Crippen LogP contribution in [0.15, 0.2) is 102 Å². The Morgan fingerprint density at radius 1 is 0.757 bits per heavy atom. The van der Waals surface area contributed by atoms with Crippen LogP contribution in [0.2, 0.25) is 0 Å². The summed E-state index contributed by atoms with van der Waals surface area (Å²) in [6.07, 6.45) is 0. The zero-order valence-electron chi connectivity index (χ0n) is 20.4. The molecule has 6 nitrogen and oxygen atoms in total. The van der Waals surface area contributed by atoms with E-state index in [9.17, 15) is 9.59 Å². The molecular formula is C30H27N3O3S. The number of rotatable bonds is 9. The van der Waals surface area contributed by atoms with E-state index in [1.807, 2.05) is 66.7 Å². The van der Waals surface area contributed by atoms with Crippen molar-refractivity contribution in [1.29, 1.82) is 0 Å². The molecule has 4 aromatic carbocycles. The van der Waals surface area contributed by atoms with E-state index in [2.05, 4.69) is 40.3 Å². The minimum absolute atomic E-state index is 0.0783. The molecule has 0 radical (unpaired) electrons. The molecule has 0 saturated heterocycles. The number of thioether (sulfide) groups is 1. The highest BCUT2D eigenvalue weighted by molar-refractivity contribution is 8.00. The molecule has 1 aromatic heterocycles. The van der Waals surface area contributed by atoms with Crippen molar-refractivity contribution in [3.8, 4) is 5.75 Å². The van der Waals surface area contributed by atoms with Crippen LogP contribution in [0.5, 0.6) is 5.75 Å². The summed E-state index contributed by atoms with van der Waals surface area (Å²) in [5.74, 6) is 0.560. The molecule has 2 N–H and O–H groups in total. The Bertz CT molecular complexity index is 1560. The number of amides is 2. The summed E-state index contributed by atoms with van der Waals surface area (Å²) >= 11 is 1.41. The standard InChI is InChI=1S/C30H27N3O3S/c1-2-33-27-14-7-6-13-25(27)26-18-22(15-16-28(26)33)32-30(35)20-37-24-12-8-9-21(17-24)31-29(34)19-36-23-10-4-3-5-11-23/h3-18H,2,19-20H2,1H3,(H,31,34)(H,32,35). The fourth-order valence-corrected chi connectivity index (χ4v) is 5.10. The van der Waals surface area contributed by atoms with Crippen LogP contribution >= 0.6 is 11.8 Å². The molecule has 37 heavy (non-hydrogen) atoms. The van der Waals surface area contributed by atoms with Gasteiger partial charge in [0.1, 0.15) is 5.75 Å². The molecule has 0 aliphatic carbocycles. The van der Waals surface area contributed by atoms with E-state index >= 15 is 0 Å². The van der Waals surface area contributed by atoms with E-state index < -0.39 is 0 Å². The second-order valence-electron chi connectivity index (χ2n) is 8.51. The van der Waals surface area contributed by atoms with Gasteiger partial charge in [-0.3, -0.25) is 9.59 Å². The molecule has 0 spiro atoms. The Hall–Kier alpha value is -4.23. The van der Waals surface area contributed by atoms with E-state index in [0.717, 1.165) is 28.0 Å². The van der Waals surface area contributed by atoms with Crippen molar-refractivity contribution in [3.05, 3.63) is 97.1 Å². The maximum Gasteiger partial charge on any atom is 0.262 e. The van der Waals surface area contributed by atoms with Gasteiger partial charge in [0.05, 0.1) is 5.75 Å². The SMILES string of the molecule is CCn1c2ccccc2c2cc(NC(=O)CSc3cccc(NC(=O)COc4ccccc4)c3)ccc21. The number of carbonyl (C=O) groups is 2. The maximum absolute atomic E-state index is 12.7. The lowest BCUT2D eigenvalue weighted by molar-refractivity contribution is -0.118. The minimum atomic E-state index is -0.247. The fourth-order valence-electron chi connectivity index (χ4n) is 4.34. The predicted molar refractivity (Wildman–Crippen MR) is 151 cm³/mol. The molecule has 1 heterocycles. The Labute approximate surface area is 219 Å². The van der Waals surface area contributed by atoms with Crippen LogP contribution in [0, 0.1) is 0 Å². The molecule has 0 bridgehead atoms. The molecule has 0 aliphatic rings. The van der Waals surface area contributed by atoms with Crippen molar-refractivity contribution in [2.24, 2.45) is 0 Å². The van der Waals surface area contributed by atoms with Gasteiger partial charge in [-0.2, -0.15) is 0 Å². The molecule has 0 saturated carbocycles. The number of nitrogens with zero attached hydrogens (tertiary/aromatic N) is 1. The van der Waals surface area contributed by atoms with Gasteiger partial charge in [-0.05, 0) is 61.5 Å². The molecule has 0 aliphatic heterocycles. The first-order valence-corrected chi connectivity index (χ1v) is 13.1. The number of anilines is 2. The smallest absolute Gasteiger partial charge is 0.262 e. The summed E-state index contributed by atoms with van der Waals surface area (Å²) in [5, 5.41) is 8.16. The Kier molecular flexibility index (Phi) is 7.42. The Morgan fingerprint density at radius 3 is 2.32 bits per heavy atom. The van der Waals surface area contributed by atoms with Gasteiger partial charge in [0, 0.05) is 44.6 Å². The number of nitrogens with one attached hydrogen (secondary N) is 2. The maximum atomic E-state index is 12.7. The number of hydrogen-bond acceptors (Lipinski definition) is 4. The number of para-hydroxylation sites is 2. The quantitative estimate of drug-likeness (QED) is 0.221. The number of fused-ring (bicyclic) bond motifs is 3. The summed E-state index contributed by atoms with van der Waals surface area (Å²) in [6.45, 7) is 2.94. The molecule has 0 unspecified atom stereocenters. The van der Waals surface area contributed by atoms with Crippen molar-refractivity contribution >= 4 is 56.8 Å². The third-order valence-corrected chi connectivity index (χ3v) is 6.97. The van der Waals surface area contributed by atoms with Crippen LogP contribution in [-0.2, 0) is 16.1 Å². The van der Waals surface area contributed by atoms with Crippen LogP contribution in [-0.4, -0.2) is 28.7 Å². The van der Waals surface area contributed by atoms with Crippen molar-refractivity contribution in [1.82, 2.24) is 4.57 Å². The highest BCUT2D eigenvalue weighted by atomic mass is 32.2. The number of ether oxygens (including phenoxy) is 1. The number of carbonyl (C=O) groups excluding carboxylic acids is 2. The van der Waals surface area contributed by atoms with Crippen LogP contribution in [0.3, 0.4) is 0 Å². The summed E-state index contributed by atoms with van der Waals surface area (Å²) in [7, 11) is 0. The number of aromatic nitrogens is 1. The molecule has 186 valence electrons. The van der Waals surface area contributed by atoms with Gasteiger partial charge >= 0.3 is 0 Å². The van der Waals surface area contributed by atoms with E-state index in [1.165, 1.54) is 22.7 Å². The van der Waals surface area contributed by atoms with E-state index in [0.29, 0.717) is 11.4 Å².